The Morgan fingerprint density at radius 1 is 1.03 bits per heavy atom. The lowest BCUT2D eigenvalue weighted by molar-refractivity contribution is -0.117. The van der Waals surface area contributed by atoms with Gasteiger partial charge in [-0.05, 0) is 55.0 Å². The maximum atomic E-state index is 12.4. The Labute approximate surface area is 194 Å². The second kappa shape index (κ2) is 9.42. The maximum Gasteiger partial charge on any atom is 0.274 e. The summed E-state index contributed by atoms with van der Waals surface area (Å²) in [5.74, 6) is -0.196. The fourth-order valence-corrected chi connectivity index (χ4v) is 4.11. The molecule has 2 amide bonds. The van der Waals surface area contributed by atoms with E-state index in [0.717, 1.165) is 16.8 Å². The number of amides is 2. The summed E-state index contributed by atoms with van der Waals surface area (Å²) in [6.45, 7) is 2.00. The normalized spacial score (nSPS) is 10.8. The monoisotopic (exact) mass is 465 g/mol. The summed E-state index contributed by atoms with van der Waals surface area (Å²) in [5.41, 5.74) is 3.20. The first-order chi connectivity index (χ1) is 15.4. The molecule has 0 aliphatic rings. The molecule has 0 spiro atoms. The highest BCUT2D eigenvalue weighted by Gasteiger charge is 2.19. The Balaban J connectivity index is 1.59. The first-order valence-electron chi connectivity index (χ1n) is 9.79. The van der Waals surface area contributed by atoms with E-state index in [2.05, 4.69) is 15.5 Å². The molecule has 1 N–H and O–H groups in total. The lowest BCUT2D eigenvalue weighted by Crippen LogP contribution is -2.33. The minimum Gasteiger partial charge on any atom is -0.347 e. The zero-order chi connectivity index (χ0) is 22.7. The molecule has 2 aromatic carbocycles. The predicted molar refractivity (Wildman–Crippen MR) is 125 cm³/mol. The number of halogens is 1. The molecule has 0 aliphatic heterocycles. The molecule has 162 valence electrons. The van der Waals surface area contributed by atoms with Crippen LogP contribution in [0.4, 0.5) is 0 Å². The number of benzene rings is 2. The third-order valence-electron chi connectivity index (χ3n) is 4.85. The van der Waals surface area contributed by atoms with Crippen molar-refractivity contribution in [3.05, 3.63) is 83.1 Å². The minimum absolute atomic E-state index is 0.0147. The highest BCUT2D eigenvalue weighted by molar-refractivity contribution is 7.99. The van der Waals surface area contributed by atoms with E-state index in [1.165, 1.54) is 11.8 Å². The fraction of sp³-hybridized carbons (Fsp3) is 0.130. The quantitative estimate of drug-likeness (QED) is 0.430. The summed E-state index contributed by atoms with van der Waals surface area (Å²) in [4.78, 5) is 24.7. The van der Waals surface area contributed by atoms with E-state index in [9.17, 15) is 9.59 Å². The van der Waals surface area contributed by atoms with Gasteiger partial charge in [0, 0.05) is 23.8 Å². The van der Waals surface area contributed by atoms with Gasteiger partial charge in [0.15, 0.2) is 11.0 Å². The standard InChI is InChI=1S/C23H20ClN5O2S/c1-15-6-3-4-7-18(15)29-21(16-9-11-17(24)12-10-16)26-27-23(29)32-14-20(30)25-22(31)19-8-5-13-28(19)2/h3-13H,14H2,1-2H3,(H,25,30,31). The highest BCUT2D eigenvalue weighted by Crippen LogP contribution is 2.30. The molecule has 0 bridgehead atoms. The molecule has 7 nitrogen and oxygen atoms in total. The first-order valence-corrected chi connectivity index (χ1v) is 11.2. The van der Waals surface area contributed by atoms with Gasteiger partial charge in [-0.1, -0.05) is 41.6 Å². The second-order valence-electron chi connectivity index (χ2n) is 7.11. The minimum atomic E-state index is -0.440. The van der Waals surface area contributed by atoms with Gasteiger partial charge in [0.05, 0.1) is 11.4 Å². The fourth-order valence-electron chi connectivity index (χ4n) is 3.23. The number of nitrogens with zero attached hydrogens (tertiary/aromatic N) is 4. The third kappa shape index (κ3) is 4.61. The summed E-state index contributed by atoms with van der Waals surface area (Å²) in [5, 5.41) is 12.3. The number of hydrogen-bond donors (Lipinski definition) is 1. The number of thioether (sulfide) groups is 1. The number of aromatic nitrogens is 4. The van der Waals surface area contributed by atoms with Crippen molar-refractivity contribution in [3.63, 3.8) is 0 Å². The van der Waals surface area contributed by atoms with Crippen LogP contribution in [0, 0.1) is 6.92 Å². The van der Waals surface area contributed by atoms with Crippen LogP contribution >= 0.6 is 23.4 Å². The van der Waals surface area contributed by atoms with E-state index in [4.69, 9.17) is 11.6 Å². The van der Waals surface area contributed by atoms with Crippen molar-refractivity contribution >= 4 is 35.2 Å². The SMILES string of the molecule is Cc1ccccc1-n1c(SCC(=O)NC(=O)c2cccn2C)nnc1-c1ccc(Cl)cc1. The Bertz CT molecular complexity index is 1280. The topological polar surface area (TPSA) is 81.8 Å². The number of carbonyl (C=O) groups excluding carboxylic acids is 2. The number of imide groups is 1. The lowest BCUT2D eigenvalue weighted by Gasteiger charge is -2.13. The Morgan fingerprint density at radius 2 is 1.78 bits per heavy atom. The molecule has 0 fully saturated rings. The van der Waals surface area contributed by atoms with Gasteiger partial charge in [-0.3, -0.25) is 19.5 Å². The maximum absolute atomic E-state index is 12.4. The molecular weight excluding hydrogens is 446 g/mol. The summed E-state index contributed by atoms with van der Waals surface area (Å²) >= 11 is 7.25. The molecule has 32 heavy (non-hydrogen) atoms. The van der Waals surface area contributed by atoms with Gasteiger partial charge < -0.3 is 4.57 Å². The van der Waals surface area contributed by atoms with Gasteiger partial charge in [0.25, 0.3) is 5.91 Å². The summed E-state index contributed by atoms with van der Waals surface area (Å²) in [6.07, 6.45) is 1.75. The van der Waals surface area contributed by atoms with E-state index in [-0.39, 0.29) is 5.75 Å². The van der Waals surface area contributed by atoms with Gasteiger partial charge in [0.2, 0.25) is 5.91 Å². The Kier molecular flexibility index (Phi) is 6.43. The first kappa shape index (κ1) is 21.9. The second-order valence-corrected chi connectivity index (χ2v) is 8.48. The molecule has 0 saturated heterocycles. The van der Waals surface area contributed by atoms with E-state index in [1.807, 2.05) is 47.9 Å². The highest BCUT2D eigenvalue weighted by atomic mass is 35.5. The van der Waals surface area contributed by atoms with Crippen LogP contribution in [0.25, 0.3) is 17.1 Å². The number of para-hydroxylation sites is 1. The van der Waals surface area contributed by atoms with Crippen molar-refractivity contribution in [3.8, 4) is 17.1 Å². The molecule has 2 heterocycles. The van der Waals surface area contributed by atoms with Crippen LogP contribution in [-0.4, -0.2) is 36.9 Å². The van der Waals surface area contributed by atoms with E-state index in [0.29, 0.717) is 21.7 Å². The molecule has 4 aromatic rings. The summed E-state index contributed by atoms with van der Waals surface area (Å²) in [7, 11) is 1.75. The largest absolute Gasteiger partial charge is 0.347 e. The van der Waals surface area contributed by atoms with Crippen LogP contribution in [0.1, 0.15) is 16.1 Å². The van der Waals surface area contributed by atoms with E-state index >= 15 is 0 Å². The molecule has 0 atom stereocenters. The molecule has 0 saturated carbocycles. The van der Waals surface area contributed by atoms with Crippen molar-refractivity contribution in [2.45, 2.75) is 12.1 Å². The van der Waals surface area contributed by atoms with Crippen LogP contribution in [0.3, 0.4) is 0 Å². The van der Waals surface area contributed by atoms with Crippen LogP contribution in [0.15, 0.2) is 72.0 Å². The zero-order valence-corrected chi connectivity index (χ0v) is 19.0. The Morgan fingerprint density at radius 3 is 2.47 bits per heavy atom. The van der Waals surface area contributed by atoms with Gasteiger partial charge in [-0.15, -0.1) is 10.2 Å². The van der Waals surface area contributed by atoms with Gasteiger partial charge in [-0.25, -0.2) is 0 Å². The third-order valence-corrected chi connectivity index (χ3v) is 6.03. The smallest absolute Gasteiger partial charge is 0.274 e. The molecule has 0 radical (unpaired) electrons. The number of rotatable bonds is 6. The molecule has 0 unspecified atom stereocenters. The number of hydrogen-bond acceptors (Lipinski definition) is 5. The number of aryl methyl sites for hydroxylation is 2. The van der Waals surface area contributed by atoms with Crippen molar-refractivity contribution in [1.82, 2.24) is 24.6 Å². The summed E-state index contributed by atoms with van der Waals surface area (Å²) in [6, 6.07) is 18.6. The molecule has 9 heteroatoms. The molecule has 2 aromatic heterocycles. The molecule has 0 aliphatic carbocycles. The lowest BCUT2D eigenvalue weighted by atomic mass is 10.1. The van der Waals surface area contributed by atoms with Gasteiger partial charge in [-0.2, -0.15) is 0 Å². The van der Waals surface area contributed by atoms with E-state index in [1.54, 1.807) is 42.1 Å². The van der Waals surface area contributed by atoms with Crippen LogP contribution < -0.4 is 5.32 Å². The van der Waals surface area contributed by atoms with E-state index < -0.39 is 11.8 Å². The average Bonchev–Trinajstić information content (AvgIpc) is 3.39. The van der Waals surface area contributed by atoms with Crippen molar-refractivity contribution in [1.29, 1.82) is 0 Å². The predicted octanol–water partition coefficient (Wildman–Crippen LogP) is 4.28. The number of carbonyl (C=O) groups is 2. The van der Waals surface area contributed by atoms with Crippen LogP contribution in [-0.2, 0) is 11.8 Å². The van der Waals surface area contributed by atoms with Crippen LogP contribution in [0.2, 0.25) is 5.02 Å². The van der Waals surface area contributed by atoms with Crippen molar-refractivity contribution in [2.24, 2.45) is 7.05 Å². The van der Waals surface area contributed by atoms with Crippen molar-refractivity contribution in [2.75, 3.05) is 5.75 Å². The number of nitrogens with one attached hydrogen (secondary N) is 1. The van der Waals surface area contributed by atoms with Gasteiger partial charge in [0.1, 0.15) is 5.69 Å². The molecular formula is C23H20ClN5O2S. The van der Waals surface area contributed by atoms with Crippen molar-refractivity contribution < 1.29 is 9.59 Å². The molecule has 4 rings (SSSR count). The zero-order valence-electron chi connectivity index (χ0n) is 17.4. The van der Waals surface area contributed by atoms with Gasteiger partial charge >= 0.3 is 0 Å². The average molecular weight is 466 g/mol. The Hall–Kier alpha value is -3.36. The summed E-state index contributed by atoms with van der Waals surface area (Å²) < 4.78 is 3.57. The van der Waals surface area contributed by atoms with Crippen LogP contribution in [0.5, 0.6) is 0 Å².